The van der Waals surface area contributed by atoms with Crippen LogP contribution in [-0.4, -0.2) is 42.1 Å². The Morgan fingerprint density at radius 3 is 2.86 bits per heavy atom. The summed E-state index contributed by atoms with van der Waals surface area (Å²) in [5.74, 6) is 2.26. The molecule has 0 amide bonds. The maximum Gasteiger partial charge on any atom is 0.130 e. The molecule has 1 atom stereocenters. The van der Waals surface area contributed by atoms with Crippen LogP contribution in [-0.2, 0) is 6.54 Å². The molecule has 5 heteroatoms. The molecule has 0 bridgehead atoms. The highest BCUT2D eigenvalue weighted by Crippen LogP contribution is 2.32. The summed E-state index contributed by atoms with van der Waals surface area (Å²) in [5.41, 5.74) is 4.42. The van der Waals surface area contributed by atoms with Crippen molar-refractivity contribution in [3.63, 3.8) is 0 Å². The zero-order valence-corrected chi connectivity index (χ0v) is 17.1. The second kappa shape index (κ2) is 9.05. The molecule has 5 nitrogen and oxygen atoms in total. The topological polar surface area (TPSA) is 50.3 Å². The molecule has 1 aliphatic heterocycles. The molecule has 1 saturated heterocycles. The molecule has 0 radical (unpaired) electrons. The number of nitrogens with zero attached hydrogens (tertiary/aromatic N) is 3. The quantitative estimate of drug-likeness (QED) is 0.670. The Hall–Kier alpha value is -2.92. The first-order chi connectivity index (χ1) is 14.3. The highest BCUT2D eigenvalue weighted by molar-refractivity contribution is 5.67. The van der Waals surface area contributed by atoms with E-state index in [4.69, 9.17) is 9.72 Å². The normalized spacial score (nSPS) is 17.1. The molecule has 1 fully saturated rings. The maximum atomic E-state index is 5.53. The van der Waals surface area contributed by atoms with Crippen LogP contribution < -0.4 is 10.1 Å². The lowest BCUT2D eigenvalue weighted by atomic mass is 9.93. The van der Waals surface area contributed by atoms with Crippen LogP contribution >= 0.6 is 0 Å². The molecule has 4 rings (SSSR count). The van der Waals surface area contributed by atoms with Crippen LogP contribution in [0.25, 0.3) is 11.3 Å². The molecule has 3 heterocycles. The van der Waals surface area contributed by atoms with E-state index >= 15 is 0 Å². The largest absolute Gasteiger partial charge is 0.496 e. The van der Waals surface area contributed by atoms with Crippen LogP contribution in [0.1, 0.15) is 30.0 Å². The number of hydrogen-bond acceptors (Lipinski definition) is 5. The van der Waals surface area contributed by atoms with Gasteiger partial charge >= 0.3 is 0 Å². The summed E-state index contributed by atoms with van der Waals surface area (Å²) in [6.45, 7) is 3.04. The van der Waals surface area contributed by atoms with Crippen molar-refractivity contribution in [3.8, 4) is 17.0 Å². The number of anilines is 1. The summed E-state index contributed by atoms with van der Waals surface area (Å²) in [4.78, 5) is 12.0. The lowest BCUT2D eigenvalue weighted by Gasteiger charge is -2.33. The van der Waals surface area contributed by atoms with Gasteiger partial charge in [-0.15, -0.1) is 0 Å². The molecule has 150 valence electrons. The van der Waals surface area contributed by atoms with Crippen LogP contribution in [0.5, 0.6) is 5.75 Å². The second-order valence-electron chi connectivity index (χ2n) is 7.48. The number of likely N-dealkylation sites (tertiary alicyclic amines) is 1. The van der Waals surface area contributed by atoms with Gasteiger partial charge in [-0.1, -0.05) is 24.3 Å². The third-order valence-electron chi connectivity index (χ3n) is 5.60. The van der Waals surface area contributed by atoms with Crippen LogP contribution in [0, 0.1) is 0 Å². The maximum absolute atomic E-state index is 5.53. The highest BCUT2D eigenvalue weighted by Gasteiger charge is 2.23. The van der Waals surface area contributed by atoms with Gasteiger partial charge in [0, 0.05) is 49.1 Å². The number of hydrogen-bond donors (Lipinski definition) is 1. The minimum absolute atomic E-state index is 0.438. The van der Waals surface area contributed by atoms with Gasteiger partial charge in [0.25, 0.3) is 0 Å². The van der Waals surface area contributed by atoms with Gasteiger partial charge in [-0.2, -0.15) is 0 Å². The molecule has 3 aromatic rings. The molecule has 2 aromatic heterocycles. The molecule has 0 spiro atoms. The smallest absolute Gasteiger partial charge is 0.130 e. The van der Waals surface area contributed by atoms with E-state index < -0.39 is 0 Å². The van der Waals surface area contributed by atoms with Gasteiger partial charge in [-0.25, -0.2) is 4.98 Å². The zero-order valence-electron chi connectivity index (χ0n) is 17.1. The molecular weight excluding hydrogens is 360 g/mol. The Labute approximate surface area is 172 Å². The molecule has 29 heavy (non-hydrogen) atoms. The molecule has 1 aromatic carbocycles. The van der Waals surface area contributed by atoms with E-state index in [1.54, 1.807) is 7.11 Å². The molecular formula is C24H28N4O. The number of ether oxygens (including phenoxy) is 1. The highest BCUT2D eigenvalue weighted by atomic mass is 16.5. The molecule has 0 unspecified atom stereocenters. The summed E-state index contributed by atoms with van der Waals surface area (Å²) in [6, 6.07) is 18.6. The lowest BCUT2D eigenvalue weighted by Crippen LogP contribution is -2.34. The molecule has 1 aliphatic rings. The molecule has 1 N–H and O–H groups in total. The standard InChI is InChI=1S/C24H28N4O/c1-25-24-19(8-6-14-26-24)17-28-15-7-9-18(16-28)21-11-5-12-22(27-21)20-10-3-4-13-23(20)29-2/h3-6,8,10-14,18H,7,9,15-17H2,1-2H3,(H,25,26)/t18-/m0/s1. The number of rotatable bonds is 6. The fourth-order valence-electron chi connectivity index (χ4n) is 4.16. The van der Waals surface area contributed by atoms with Crippen molar-refractivity contribution in [2.24, 2.45) is 0 Å². The average Bonchev–Trinajstić information content (AvgIpc) is 2.79. The predicted octanol–water partition coefficient (Wildman–Crippen LogP) is 4.57. The first-order valence-electron chi connectivity index (χ1n) is 10.2. The van der Waals surface area contributed by atoms with E-state index in [0.717, 1.165) is 48.2 Å². The Bertz CT molecular complexity index is 959. The molecule has 0 saturated carbocycles. The predicted molar refractivity (Wildman–Crippen MR) is 117 cm³/mol. The van der Waals surface area contributed by atoms with Gasteiger partial charge in [0.1, 0.15) is 11.6 Å². The summed E-state index contributed by atoms with van der Waals surface area (Å²) in [7, 11) is 3.64. The second-order valence-corrected chi connectivity index (χ2v) is 7.48. The third kappa shape index (κ3) is 4.40. The van der Waals surface area contributed by atoms with Crippen molar-refractivity contribution >= 4 is 5.82 Å². The number of piperidine rings is 1. The Morgan fingerprint density at radius 2 is 2.00 bits per heavy atom. The van der Waals surface area contributed by atoms with Crippen molar-refractivity contribution in [3.05, 3.63) is 72.1 Å². The number of methoxy groups -OCH3 is 1. The fourth-order valence-corrected chi connectivity index (χ4v) is 4.16. The van der Waals surface area contributed by atoms with E-state index in [1.807, 2.05) is 37.5 Å². The number of benzene rings is 1. The number of para-hydroxylation sites is 1. The van der Waals surface area contributed by atoms with E-state index in [-0.39, 0.29) is 0 Å². The van der Waals surface area contributed by atoms with Crippen LogP contribution in [0.2, 0.25) is 0 Å². The van der Waals surface area contributed by atoms with Gasteiger partial charge in [0.15, 0.2) is 0 Å². The Balaban J connectivity index is 1.53. The van der Waals surface area contributed by atoms with Crippen molar-refractivity contribution in [1.29, 1.82) is 0 Å². The lowest BCUT2D eigenvalue weighted by molar-refractivity contribution is 0.198. The SMILES string of the molecule is CNc1ncccc1CN1CCC[C@H](c2cccc(-c3ccccc3OC)n2)C1. The third-order valence-corrected chi connectivity index (χ3v) is 5.60. The minimum atomic E-state index is 0.438. The first kappa shape index (κ1) is 19.4. The summed E-state index contributed by atoms with van der Waals surface area (Å²) in [5, 5.41) is 3.20. The minimum Gasteiger partial charge on any atom is -0.496 e. The fraction of sp³-hybridized carbons (Fsp3) is 0.333. The average molecular weight is 389 g/mol. The summed E-state index contributed by atoms with van der Waals surface area (Å²) in [6.07, 6.45) is 4.19. The van der Waals surface area contributed by atoms with Crippen molar-refractivity contribution < 1.29 is 4.74 Å². The number of aromatic nitrogens is 2. The first-order valence-corrected chi connectivity index (χ1v) is 10.2. The number of nitrogens with one attached hydrogen (secondary N) is 1. The van der Waals surface area contributed by atoms with Crippen LogP contribution in [0.15, 0.2) is 60.8 Å². The summed E-state index contributed by atoms with van der Waals surface area (Å²) < 4.78 is 5.53. The van der Waals surface area contributed by atoms with Crippen molar-refractivity contribution in [1.82, 2.24) is 14.9 Å². The van der Waals surface area contributed by atoms with Gasteiger partial charge in [-0.3, -0.25) is 9.88 Å². The van der Waals surface area contributed by atoms with Crippen LogP contribution in [0.4, 0.5) is 5.82 Å². The molecule has 0 aliphatic carbocycles. The monoisotopic (exact) mass is 388 g/mol. The van der Waals surface area contributed by atoms with E-state index in [1.165, 1.54) is 18.4 Å². The van der Waals surface area contributed by atoms with Gasteiger partial charge < -0.3 is 10.1 Å². The zero-order chi connectivity index (χ0) is 20.1. The van der Waals surface area contributed by atoms with Crippen LogP contribution in [0.3, 0.4) is 0 Å². The van der Waals surface area contributed by atoms with E-state index in [2.05, 4.69) is 45.5 Å². The Morgan fingerprint density at radius 1 is 1.10 bits per heavy atom. The van der Waals surface area contributed by atoms with Gasteiger partial charge in [-0.05, 0) is 49.7 Å². The van der Waals surface area contributed by atoms with E-state index in [0.29, 0.717) is 5.92 Å². The Kier molecular flexibility index (Phi) is 6.06. The van der Waals surface area contributed by atoms with Crippen molar-refractivity contribution in [2.45, 2.75) is 25.3 Å². The van der Waals surface area contributed by atoms with E-state index in [9.17, 15) is 0 Å². The van der Waals surface area contributed by atoms with Gasteiger partial charge in [0.05, 0.1) is 12.8 Å². The van der Waals surface area contributed by atoms with Gasteiger partial charge in [0.2, 0.25) is 0 Å². The summed E-state index contributed by atoms with van der Waals surface area (Å²) >= 11 is 0. The number of pyridine rings is 2. The van der Waals surface area contributed by atoms with Crippen molar-refractivity contribution in [2.75, 3.05) is 32.6 Å².